The Hall–Kier alpha value is -3.57. The van der Waals surface area contributed by atoms with Crippen LogP contribution in [0.1, 0.15) is 12.3 Å². The molecule has 0 saturated carbocycles. The van der Waals surface area contributed by atoms with Gasteiger partial charge in [0.05, 0.1) is 15.5 Å². The van der Waals surface area contributed by atoms with Gasteiger partial charge in [0.15, 0.2) is 0 Å². The van der Waals surface area contributed by atoms with Crippen molar-refractivity contribution >= 4 is 38.6 Å². The van der Waals surface area contributed by atoms with E-state index in [0.717, 1.165) is 10.9 Å². The van der Waals surface area contributed by atoms with Gasteiger partial charge in [-0.05, 0) is 41.8 Å². The monoisotopic (exact) mass is 472 g/mol. The van der Waals surface area contributed by atoms with E-state index in [-0.39, 0.29) is 35.0 Å². The minimum Gasteiger partial charge on any atom is -0.339 e. The number of amides is 1. The Labute approximate surface area is 187 Å². The van der Waals surface area contributed by atoms with Gasteiger partial charge in [-0.15, -0.1) is 11.3 Å². The number of nitrogens with one attached hydrogen (secondary N) is 2. The molecule has 0 unspecified atom stereocenters. The Morgan fingerprint density at radius 3 is 2.72 bits per heavy atom. The number of hydrogen-bond donors (Lipinski definition) is 2. The van der Waals surface area contributed by atoms with Crippen molar-refractivity contribution in [3.05, 3.63) is 77.8 Å². The highest BCUT2D eigenvalue weighted by atomic mass is 32.2. The Kier molecular flexibility index (Phi) is 6.28. The van der Waals surface area contributed by atoms with Crippen LogP contribution in [0.25, 0.3) is 10.7 Å². The molecule has 2 aromatic carbocycles. The number of aromatic nitrogens is 2. The molecule has 0 spiro atoms. The highest BCUT2D eigenvalue weighted by molar-refractivity contribution is 7.92. The molecule has 11 heteroatoms. The number of anilines is 2. The molecule has 0 bridgehead atoms. The summed E-state index contributed by atoms with van der Waals surface area (Å²) < 4.78 is 46.3. The van der Waals surface area contributed by atoms with E-state index in [9.17, 15) is 17.6 Å². The fourth-order valence-electron chi connectivity index (χ4n) is 2.79. The number of aryl methyl sites for hydroxylation is 1. The molecule has 32 heavy (non-hydrogen) atoms. The first-order valence-electron chi connectivity index (χ1n) is 9.44. The Balaban J connectivity index is 1.38. The van der Waals surface area contributed by atoms with Crippen LogP contribution in [0.15, 0.2) is 75.5 Å². The molecular weight excluding hydrogens is 455 g/mol. The maximum atomic E-state index is 13.8. The van der Waals surface area contributed by atoms with Gasteiger partial charge >= 0.3 is 0 Å². The second kappa shape index (κ2) is 9.28. The van der Waals surface area contributed by atoms with Crippen molar-refractivity contribution in [3.8, 4) is 10.7 Å². The van der Waals surface area contributed by atoms with Gasteiger partial charge in [-0.1, -0.05) is 29.4 Å². The minimum atomic E-state index is -4.04. The number of carbonyl (C=O) groups is 1. The first-order valence-corrected chi connectivity index (χ1v) is 11.8. The van der Waals surface area contributed by atoms with Gasteiger partial charge in [0, 0.05) is 18.5 Å². The molecule has 2 N–H and O–H groups in total. The molecule has 1 amide bonds. The zero-order valence-corrected chi connectivity index (χ0v) is 18.1. The van der Waals surface area contributed by atoms with Crippen LogP contribution in [0.4, 0.5) is 15.8 Å². The van der Waals surface area contributed by atoms with E-state index >= 15 is 0 Å². The Morgan fingerprint density at radius 2 is 1.94 bits per heavy atom. The summed E-state index contributed by atoms with van der Waals surface area (Å²) >= 11 is 1.48. The predicted molar refractivity (Wildman–Crippen MR) is 118 cm³/mol. The summed E-state index contributed by atoms with van der Waals surface area (Å²) in [7, 11) is -4.04. The van der Waals surface area contributed by atoms with Gasteiger partial charge in [-0.3, -0.25) is 9.52 Å². The van der Waals surface area contributed by atoms with Crippen LogP contribution in [0, 0.1) is 5.82 Å². The molecule has 0 fully saturated rings. The van der Waals surface area contributed by atoms with Crippen LogP contribution < -0.4 is 10.0 Å². The van der Waals surface area contributed by atoms with Gasteiger partial charge in [-0.2, -0.15) is 4.98 Å². The number of sulfonamides is 1. The van der Waals surface area contributed by atoms with Crippen LogP contribution in [0.3, 0.4) is 0 Å². The SMILES string of the molecule is O=C(CCc1nc(-c2cccs2)no1)Nc1cccc(S(=O)(=O)Nc2ccccc2F)c1. The molecule has 0 aliphatic carbocycles. The highest BCUT2D eigenvalue weighted by Gasteiger charge is 2.17. The molecule has 0 saturated heterocycles. The molecule has 0 aliphatic rings. The Bertz CT molecular complexity index is 1340. The van der Waals surface area contributed by atoms with Crippen molar-refractivity contribution in [1.82, 2.24) is 10.1 Å². The standard InChI is InChI=1S/C21H17FN4O4S2/c22-16-7-1-2-8-17(16)26-32(28,29)15-6-3-5-14(13-15)23-19(27)10-11-20-24-21(25-30-20)18-9-4-12-31-18/h1-9,12-13,26H,10-11H2,(H,23,27). The molecule has 0 atom stereocenters. The second-order valence-electron chi connectivity index (χ2n) is 6.65. The van der Waals surface area contributed by atoms with Crippen molar-refractivity contribution in [3.63, 3.8) is 0 Å². The molecule has 0 aliphatic heterocycles. The maximum Gasteiger partial charge on any atom is 0.262 e. The number of halogens is 1. The fourth-order valence-corrected chi connectivity index (χ4v) is 4.56. The third-order valence-electron chi connectivity index (χ3n) is 4.32. The van der Waals surface area contributed by atoms with Gasteiger partial charge in [0.2, 0.25) is 17.6 Å². The lowest BCUT2D eigenvalue weighted by molar-refractivity contribution is -0.116. The third-order valence-corrected chi connectivity index (χ3v) is 6.55. The molecule has 8 nitrogen and oxygen atoms in total. The summed E-state index contributed by atoms with van der Waals surface area (Å²) in [5, 5.41) is 8.44. The van der Waals surface area contributed by atoms with Crippen LogP contribution in [0.5, 0.6) is 0 Å². The molecule has 2 aromatic heterocycles. The van der Waals surface area contributed by atoms with E-state index in [2.05, 4.69) is 20.2 Å². The normalized spacial score (nSPS) is 11.3. The van der Waals surface area contributed by atoms with Crippen molar-refractivity contribution in [2.24, 2.45) is 0 Å². The number of carbonyl (C=O) groups excluding carboxylic acids is 1. The van der Waals surface area contributed by atoms with Gasteiger partial charge in [0.1, 0.15) is 5.82 Å². The van der Waals surface area contributed by atoms with Crippen molar-refractivity contribution < 1.29 is 22.1 Å². The van der Waals surface area contributed by atoms with E-state index < -0.39 is 15.8 Å². The van der Waals surface area contributed by atoms with Crippen LogP contribution >= 0.6 is 11.3 Å². The average Bonchev–Trinajstić information content (AvgIpc) is 3.46. The number of thiophene rings is 1. The topological polar surface area (TPSA) is 114 Å². The lowest BCUT2D eigenvalue weighted by Gasteiger charge is -2.10. The molecule has 4 rings (SSSR count). The lowest BCUT2D eigenvalue weighted by Crippen LogP contribution is -2.16. The van der Waals surface area contributed by atoms with Gasteiger partial charge in [0.25, 0.3) is 10.0 Å². The van der Waals surface area contributed by atoms with E-state index in [0.29, 0.717) is 11.7 Å². The van der Waals surface area contributed by atoms with Crippen LogP contribution in [-0.2, 0) is 21.2 Å². The van der Waals surface area contributed by atoms with Gasteiger partial charge in [-0.25, -0.2) is 12.8 Å². The summed E-state index contributed by atoms with van der Waals surface area (Å²) in [5.41, 5.74) is 0.125. The van der Waals surface area contributed by atoms with Crippen molar-refractivity contribution in [2.45, 2.75) is 17.7 Å². The largest absolute Gasteiger partial charge is 0.339 e. The lowest BCUT2D eigenvalue weighted by atomic mass is 10.2. The van der Waals surface area contributed by atoms with Crippen LogP contribution in [0.2, 0.25) is 0 Å². The summed E-state index contributed by atoms with van der Waals surface area (Å²) in [5.74, 6) is -0.245. The predicted octanol–water partition coefficient (Wildman–Crippen LogP) is 4.31. The van der Waals surface area contributed by atoms with E-state index in [1.807, 2.05) is 17.5 Å². The third kappa shape index (κ3) is 5.18. The fraction of sp³-hybridized carbons (Fsp3) is 0.0952. The zero-order chi connectivity index (χ0) is 22.6. The number of benzene rings is 2. The maximum absolute atomic E-state index is 13.8. The summed E-state index contributed by atoms with van der Waals surface area (Å²) in [6.07, 6.45) is 0.299. The van der Waals surface area contributed by atoms with E-state index in [4.69, 9.17) is 4.52 Å². The van der Waals surface area contributed by atoms with Crippen molar-refractivity contribution in [2.75, 3.05) is 10.0 Å². The number of para-hydroxylation sites is 1. The number of nitrogens with zero attached hydrogens (tertiary/aromatic N) is 2. The molecular formula is C21H17FN4O4S2. The first-order chi connectivity index (χ1) is 15.4. The average molecular weight is 473 g/mol. The summed E-state index contributed by atoms with van der Waals surface area (Å²) in [6, 6.07) is 14.9. The molecule has 2 heterocycles. The molecule has 164 valence electrons. The quantitative estimate of drug-likeness (QED) is 0.395. The Morgan fingerprint density at radius 1 is 1.09 bits per heavy atom. The molecule has 0 radical (unpaired) electrons. The zero-order valence-electron chi connectivity index (χ0n) is 16.5. The minimum absolute atomic E-state index is 0.0660. The molecule has 4 aromatic rings. The van der Waals surface area contributed by atoms with E-state index in [1.165, 1.54) is 47.7 Å². The number of hydrogen-bond acceptors (Lipinski definition) is 7. The first kappa shape index (κ1) is 21.7. The van der Waals surface area contributed by atoms with Gasteiger partial charge < -0.3 is 9.84 Å². The van der Waals surface area contributed by atoms with Crippen molar-refractivity contribution in [1.29, 1.82) is 0 Å². The van der Waals surface area contributed by atoms with E-state index in [1.54, 1.807) is 6.07 Å². The second-order valence-corrected chi connectivity index (χ2v) is 9.28. The van der Waals surface area contributed by atoms with Crippen LogP contribution in [-0.4, -0.2) is 24.5 Å². The summed E-state index contributed by atoms with van der Waals surface area (Å²) in [4.78, 5) is 17.3. The number of rotatable bonds is 8. The smallest absolute Gasteiger partial charge is 0.262 e. The highest BCUT2D eigenvalue weighted by Crippen LogP contribution is 2.23. The summed E-state index contributed by atoms with van der Waals surface area (Å²) in [6.45, 7) is 0.